The molecule has 7 nitrogen and oxygen atoms in total. The van der Waals surface area contributed by atoms with E-state index >= 15 is 0 Å². The Morgan fingerprint density at radius 3 is 2.07 bits per heavy atom. The van der Waals surface area contributed by atoms with Crippen LogP contribution in [0.1, 0.15) is 107 Å². The summed E-state index contributed by atoms with van der Waals surface area (Å²) in [5, 5.41) is 12.8. The molecule has 1 aromatic heterocycles. The maximum atomic E-state index is 12.1. The van der Waals surface area contributed by atoms with Crippen LogP contribution in [0.15, 0.2) is 0 Å². The molecule has 0 radical (unpaired) electrons. The first-order valence-electron chi connectivity index (χ1n) is 11.6. The molecule has 1 aromatic rings. The van der Waals surface area contributed by atoms with Crippen molar-refractivity contribution in [3.63, 3.8) is 0 Å². The van der Waals surface area contributed by atoms with Crippen molar-refractivity contribution < 1.29 is 14.7 Å². The second-order valence-electron chi connectivity index (χ2n) is 7.88. The highest BCUT2D eigenvalue weighted by molar-refractivity contribution is 7.15. The van der Waals surface area contributed by atoms with Gasteiger partial charge in [-0.05, 0) is 13.3 Å². The molecule has 0 aliphatic rings. The quantitative estimate of drug-likeness (QED) is 0.148. The maximum absolute atomic E-state index is 12.1. The molecule has 0 saturated carbocycles. The standard InChI is InChI=1S/C22H39N3O4S/c1-3-4-5-6-7-8-9-10-11-12-13-14-15-16-21(26)24-22-23-19(2)20(30-22)17-18-29-25(27)28/h3-18H2,1-2H3,(H,23,24,26). The first kappa shape index (κ1) is 26.3. The molecule has 8 heteroatoms. The van der Waals surface area contributed by atoms with Gasteiger partial charge in [-0.2, -0.15) is 0 Å². The first-order chi connectivity index (χ1) is 14.5. The van der Waals surface area contributed by atoms with Crippen LogP contribution in [-0.4, -0.2) is 22.6 Å². The average Bonchev–Trinajstić information content (AvgIpc) is 3.04. The molecule has 0 aliphatic heterocycles. The minimum atomic E-state index is -0.797. The van der Waals surface area contributed by atoms with Gasteiger partial charge in [-0.15, -0.1) is 21.5 Å². The zero-order valence-electron chi connectivity index (χ0n) is 18.7. The summed E-state index contributed by atoms with van der Waals surface area (Å²) in [6.07, 6.45) is 17.6. The van der Waals surface area contributed by atoms with E-state index in [4.69, 9.17) is 0 Å². The Bertz CT molecular complexity index is 607. The third kappa shape index (κ3) is 13.5. The maximum Gasteiger partial charge on any atom is 0.294 e. The van der Waals surface area contributed by atoms with Crippen molar-refractivity contribution >= 4 is 22.4 Å². The Hall–Kier alpha value is -1.70. The third-order valence-electron chi connectivity index (χ3n) is 5.17. The molecule has 1 rings (SSSR count). The molecular formula is C22H39N3O4S. The van der Waals surface area contributed by atoms with Crippen LogP contribution < -0.4 is 5.32 Å². The van der Waals surface area contributed by atoms with Crippen molar-refractivity contribution in [1.82, 2.24) is 4.98 Å². The van der Waals surface area contributed by atoms with E-state index < -0.39 is 5.09 Å². The number of hydrogen-bond donors (Lipinski definition) is 1. The number of thiazole rings is 1. The Balaban J connectivity index is 2.00. The number of hydrogen-bond acceptors (Lipinski definition) is 6. The van der Waals surface area contributed by atoms with Crippen LogP contribution >= 0.6 is 11.3 Å². The highest BCUT2D eigenvalue weighted by atomic mass is 32.1. The lowest BCUT2D eigenvalue weighted by Gasteiger charge is -2.03. The fraction of sp³-hybridized carbons (Fsp3) is 0.818. The van der Waals surface area contributed by atoms with Crippen LogP contribution in [0.4, 0.5) is 5.13 Å². The van der Waals surface area contributed by atoms with Gasteiger partial charge in [-0.1, -0.05) is 84.0 Å². The highest BCUT2D eigenvalue weighted by Gasteiger charge is 2.11. The lowest BCUT2D eigenvalue weighted by Crippen LogP contribution is -2.10. The first-order valence-corrected chi connectivity index (χ1v) is 12.4. The molecule has 1 N–H and O–H groups in total. The molecule has 172 valence electrons. The number of nitrogens with zero attached hydrogens (tertiary/aromatic N) is 2. The molecular weight excluding hydrogens is 402 g/mol. The van der Waals surface area contributed by atoms with Crippen LogP contribution in [0, 0.1) is 17.0 Å². The van der Waals surface area contributed by atoms with Crippen LogP contribution in [0.5, 0.6) is 0 Å². The second kappa shape index (κ2) is 17.0. The van der Waals surface area contributed by atoms with Gasteiger partial charge in [0.15, 0.2) is 5.13 Å². The van der Waals surface area contributed by atoms with Gasteiger partial charge in [-0.3, -0.25) is 4.79 Å². The van der Waals surface area contributed by atoms with Gasteiger partial charge >= 0.3 is 0 Å². The zero-order valence-corrected chi connectivity index (χ0v) is 19.6. The number of nitrogens with one attached hydrogen (secondary N) is 1. The predicted octanol–water partition coefficient (Wildman–Crippen LogP) is 6.62. The summed E-state index contributed by atoms with van der Waals surface area (Å²) in [6, 6.07) is 0. The third-order valence-corrected chi connectivity index (χ3v) is 6.30. The Morgan fingerprint density at radius 2 is 1.53 bits per heavy atom. The zero-order chi connectivity index (χ0) is 22.0. The lowest BCUT2D eigenvalue weighted by atomic mass is 10.0. The number of aromatic nitrogens is 1. The number of unbranched alkanes of at least 4 members (excludes halogenated alkanes) is 12. The van der Waals surface area contributed by atoms with Crippen molar-refractivity contribution in [1.29, 1.82) is 0 Å². The van der Waals surface area contributed by atoms with E-state index in [0.29, 0.717) is 18.0 Å². The number of carbonyl (C=O) groups excluding carboxylic acids is 1. The summed E-state index contributed by atoms with van der Waals surface area (Å²) in [4.78, 5) is 31.8. The highest BCUT2D eigenvalue weighted by Crippen LogP contribution is 2.23. The molecule has 30 heavy (non-hydrogen) atoms. The molecule has 0 bridgehead atoms. The van der Waals surface area contributed by atoms with E-state index in [2.05, 4.69) is 22.1 Å². The van der Waals surface area contributed by atoms with Gasteiger partial charge in [0.1, 0.15) is 6.61 Å². The SMILES string of the molecule is CCCCCCCCCCCCCCCC(=O)Nc1nc(C)c(CCO[N+](=O)[O-])s1. The van der Waals surface area contributed by atoms with Gasteiger partial charge in [0.2, 0.25) is 5.91 Å². The van der Waals surface area contributed by atoms with Gasteiger partial charge < -0.3 is 10.2 Å². The summed E-state index contributed by atoms with van der Waals surface area (Å²) in [7, 11) is 0. The normalized spacial score (nSPS) is 10.9. The second-order valence-corrected chi connectivity index (χ2v) is 8.96. The van der Waals surface area contributed by atoms with Gasteiger partial charge in [0.05, 0.1) is 5.69 Å². The fourth-order valence-electron chi connectivity index (χ4n) is 3.41. The fourth-order valence-corrected chi connectivity index (χ4v) is 4.37. The van der Waals surface area contributed by atoms with Crippen molar-refractivity contribution in [2.45, 2.75) is 110 Å². The Labute approximate surface area is 185 Å². The number of amides is 1. The van der Waals surface area contributed by atoms with E-state index in [1.807, 2.05) is 6.92 Å². The number of rotatable bonds is 19. The molecule has 0 spiro atoms. The molecule has 0 saturated heterocycles. The van der Waals surface area contributed by atoms with Crippen molar-refractivity contribution in [2.75, 3.05) is 11.9 Å². The van der Waals surface area contributed by atoms with Gasteiger partial charge in [0.25, 0.3) is 5.09 Å². The molecule has 0 atom stereocenters. The van der Waals surface area contributed by atoms with Gasteiger partial charge in [0, 0.05) is 17.7 Å². The number of anilines is 1. The van der Waals surface area contributed by atoms with Crippen LogP contribution in [0.3, 0.4) is 0 Å². The Kier molecular flexibility index (Phi) is 14.9. The minimum absolute atomic E-state index is 0.00236. The van der Waals surface area contributed by atoms with E-state index in [-0.39, 0.29) is 12.5 Å². The smallest absolute Gasteiger partial charge is 0.294 e. The Morgan fingerprint density at radius 1 is 1.00 bits per heavy atom. The van der Waals surface area contributed by atoms with E-state index in [1.165, 1.54) is 82.0 Å². The summed E-state index contributed by atoms with van der Waals surface area (Å²) in [5.41, 5.74) is 0.781. The topological polar surface area (TPSA) is 94.4 Å². The molecule has 1 amide bonds. The average molecular weight is 442 g/mol. The van der Waals surface area contributed by atoms with E-state index in [9.17, 15) is 14.9 Å². The van der Waals surface area contributed by atoms with E-state index in [1.54, 1.807) is 0 Å². The molecule has 0 aromatic carbocycles. The summed E-state index contributed by atoms with van der Waals surface area (Å²) >= 11 is 1.36. The molecule has 0 aliphatic carbocycles. The van der Waals surface area contributed by atoms with Crippen LogP contribution in [0.25, 0.3) is 0 Å². The molecule has 0 unspecified atom stereocenters. The lowest BCUT2D eigenvalue weighted by molar-refractivity contribution is -0.757. The van der Waals surface area contributed by atoms with E-state index in [0.717, 1.165) is 23.4 Å². The number of carbonyl (C=O) groups is 1. The minimum Gasteiger partial charge on any atom is -0.314 e. The summed E-state index contributed by atoms with van der Waals surface area (Å²) < 4.78 is 0. The van der Waals surface area contributed by atoms with Crippen molar-refractivity contribution in [2.24, 2.45) is 0 Å². The monoisotopic (exact) mass is 441 g/mol. The summed E-state index contributed by atoms with van der Waals surface area (Å²) in [5.74, 6) is -0.0140. The summed E-state index contributed by atoms with van der Waals surface area (Å²) in [6.45, 7) is 4.09. The van der Waals surface area contributed by atoms with Crippen LogP contribution in [0.2, 0.25) is 0 Å². The predicted molar refractivity (Wildman–Crippen MR) is 122 cm³/mol. The van der Waals surface area contributed by atoms with Crippen molar-refractivity contribution in [3.05, 3.63) is 20.7 Å². The van der Waals surface area contributed by atoms with Gasteiger partial charge in [-0.25, -0.2) is 4.98 Å². The molecule has 1 heterocycles. The van der Waals surface area contributed by atoms with Crippen molar-refractivity contribution in [3.8, 4) is 0 Å². The largest absolute Gasteiger partial charge is 0.314 e. The molecule has 0 fully saturated rings. The number of aryl methyl sites for hydroxylation is 1. The van der Waals surface area contributed by atoms with Crippen LogP contribution in [-0.2, 0) is 16.1 Å².